The lowest BCUT2D eigenvalue weighted by atomic mass is 9.86. The molecule has 1 aliphatic rings. The molecule has 8 heteroatoms. The van der Waals surface area contributed by atoms with Gasteiger partial charge in [-0.1, -0.05) is 18.6 Å². The Hall–Kier alpha value is -3.81. The van der Waals surface area contributed by atoms with Crippen LogP contribution in [0, 0.1) is 12.8 Å². The molecule has 0 amide bonds. The Morgan fingerprint density at radius 1 is 1.16 bits per heavy atom. The summed E-state index contributed by atoms with van der Waals surface area (Å²) in [6, 6.07) is 14.9. The van der Waals surface area contributed by atoms with Gasteiger partial charge in [-0.3, -0.25) is 5.43 Å². The van der Waals surface area contributed by atoms with E-state index in [1.54, 1.807) is 18.3 Å². The summed E-state index contributed by atoms with van der Waals surface area (Å²) in [7, 11) is 0. The number of nitrogens with one attached hydrogen (secondary N) is 2. The number of aromatic nitrogens is 3. The first-order valence-electron chi connectivity index (χ1n) is 10.4. The van der Waals surface area contributed by atoms with Crippen molar-refractivity contribution in [2.45, 2.75) is 26.2 Å². The van der Waals surface area contributed by atoms with Crippen molar-refractivity contribution in [3.05, 3.63) is 70.8 Å². The molecule has 1 aliphatic carbocycles. The van der Waals surface area contributed by atoms with E-state index in [0.29, 0.717) is 28.8 Å². The van der Waals surface area contributed by atoms with Crippen LogP contribution in [0.2, 0.25) is 0 Å². The number of benzene rings is 2. The van der Waals surface area contributed by atoms with Crippen molar-refractivity contribution >= 4 is 28.6 Å². The predicted octanol–water partition coefficient (Wildman–Crippen LogP) is 4.49. The quantitative estimate of drug-likeness (QED) is 0.457. The monoisotopic (exact) mass is 417 g/mol. The lowest BCUT2D eigenvalue weighted by molar-refractivity contribution is 0.180. The maximum absolute atomic E-state index is 12.2. The molecule has 31 heavy (non-hydrogen) atoms. The molecule has 2 heterocycles. The zero-order valence-corrected chi connectivity index (χ0v) is 17.2. The Balaban J connectivity index is 1.31. The van der Waals surface area contributed by atoms with Gasteiger partial charge in [0.25, 0.3) is 0 Å². The zero-order chi connectivity index (χ0) is 21.2. The fourth-order valence-electron chi connectivity index (χ4n) is 3.43. The first-order valence-corrected chi connectivity index (χ1v) is 10.4. The van der Waals surface area contributed by atoms with E-state index in [1.807, 2.05) is 43.3 Å². The van der Waals surface area contributed by atoms with Crippen molar-refractivity contribution in [2.75, 3.05) is 17.3 Å². The third-order valence-electron chi connectivity index (χ3n) is 5.50. The van der Waals surface area contributed by atoms with Gasteiger partial charge in [0.05, 0.1) is 6.61 Å². The summed E-state index contributed by atoms with van der Waals surface area (Å²) in [5.41, 5.74) is 5.82. The highest BCUT2D eigenvalue weighted by molar-refractivity contribution is 5.73. The Bertz CT molecular complexity index is 1260. The summed E-state index contributed by atoms with van der Waals surface area (Å²) in [5, 5.41) is 3.19. The van der Waals surface area contributed by atoms with Crippen molar-refractivity contribution in [2.24, 2.45) is 5.92 Å². The second-order valence-corrected chi connectivity index (χ2v) is 7.77. The number of nitrogens with zero attached hydrogens (tertiary/aromatic N) is 3. The minimum Gasteiger partial charge on any atom is -0.493 e. The minimum atomic E-state index is -0.508. The van der Waals surface area contributed by atoms with E-state index in [9.17, 15) is 4.79 Å². The molecule has 158 valence electrons. The smallest absolute Gasteiger partial charge is 0.439 e. The van der Waals surface area contributed by atoms with Crippen LogP contribution in [0.5, 0.6) is 5.75 Å². The van der Waals surface area contributed by atoms with Gasteiger partial charge in [0, 0.05) is 17.4 Å². The number of rotatable bonds is 7. The highest BCUT2D eigenvalue weighted by Gasteiger charge is 2.17. The first-order chi connectivity index (χ1) is 15.2. The van der Waals surface area contributed by atoms with Gasteiger partial charge in [-0.2, -0.15) is 9.66 Å². The topological polar surface area (TPSA) is 94.2 Å². The van der Waals surface area contributed by atoms with Gasteiger partial charge >= 0.3 is 5.76 Å². The highest BCUT2D eigenvalue weighted by atomic mass is 16.5. The number of fused-ring (bicyclic) bond motifs is 1. The van der Waals surface area contributed by atoms with Gasteiger partial charge in [0.1, 0.15) is 11.3 Å². The number of oxazole rings is 1. The van der Waals surface area contributed by atoms with Crippen LogP contribution < -0.4 is 21.2 Å². The first kappa shape index (κ1) is 19.2. The van der Waals surface area contributed by atoms with E-state index in [2.05, 4.69) is 20.7 Å². The average molecular weight is 417 g/mol. The molecule has 5 rings (SSSR count). The van der Waals surface area contributed by atoms with Crippen molar-refractivity contribution in [3.8, 4) is 5.75 Å². The van der Waals surface area contributed by atoms with Crippen LogP contribution in [0.1, 0.15) is 24.8 Å². The van der Waals surface area contributed by atoms with Gasteiger partial charge in [-0.05, 0) is 62.1 Å². The molecule has 1 saturated carbocycles. The predicted molar refractivity (Wildman–Crippen MR) is 119 cm³/mol. The van der Waals surface area contributed by atoms with Crippen molar-refractivity contribution in [1.82, 2.24) is 14.6 Å². The van der Waals surface area contributed by atoms with E-state index < -0.39 is 5.76 Å². The van der Waals surface area contributed by atoms with Crippen LogP contribution in [-0.2, 0) is 0 Å². The molecule has 2 aromatic carbocycles. The molecule has 0 radical (unpaired) electrons. The molecule has 0 saturated heterocycles. The molecule has 0 spiro atoms. The molecule has 0 atom stereocenters. The van der Waals surface area contributed by atoms with E-state index in [1.165, 1.54) is 23.9 Å². The third kappa shape index (κ3) is 4.09. The Kier molecular flexibility index (Phi) is 5.03. The summed E-state index contributed by atoms with van der Waals surface area (Å²) in [6.07, 6.45) is 5.54. The molecule has 1 fully saturated rings. The van der Waals surface area contributed by atoms with Gasteiger partial charge in [-0.15, -0.1) is 0 Å². The third-order valence-corrected chi connectivity index (χ3v) is 5.50. The van der Waals surface area contributed by atoms with Crippen LogP contribution in [0.15, 0.2) is 63.9 Å². The van der Waals surface area contributed by atoms with Gasteiger partial charge in [0.2, 0.25) is 5.95 Å². The molecule has 0 bridgehead atoms. The highest BCUT2D eigenvalue weighted by Crippen LogP contribution is 2.27. The molecule has 8 nitrogen and oxygen atoms in total. The van der Waals surface area contributed by atoms with Crippen LogP contribution in [-0.4, -0.2) is 21.3 Å². The second-order valence-electron chi connectivity index (χ2n) is 7.77. The average Bonchev–Trinajstić information content (AvgIpc) is 3.06. The minimum absolute atomic E-state index is 0.414. The Morgan fingerprint density at radius 2 is 1.97 bits per heavy atom. The van der Waals surface area contributed by atoms with Crippen molar-refractivity contribution in [3.63, 3.8) is 0 Å². The molecule has 2 N–H and O–H groups in total. The lowest BCUT2D eigenvalue weighted by Gasteiger charge is -2.25. The lowest BCUT2D eigenvalue weighted by Crippen LogP contribution is -2.23. The fourth-order valence-corrected chi connectivity index (χ4v) is 3.43. The summed E-state index contributed by atoms with van der Waals surface area (Å²) in [4.78, 5) is 21.1. The number of ether oxygens (including phenoxy) is 1. The summed E-state index contributed by atoms with van der Waals surface area (Å²) in [6.45, 7) is 2.65. The van der Waals surface area contributed by atoms with Gasteiger partial charge < -0.3 is 14.5 Å². The molecule has 0 aliphatic heterocycles. The van der Waals surface area contributed by atoms with Crippen LogP contribution in [0.3, 0.4) is 0 Å². The van der Waals surface area contributed by atoms with E-state index in [-0.39, 0.29) is 0 Å². The summed E-state index contributed by atoms with van der Waals surface area (Å²) < 4.78 is 12.4. The molecule has 0 unspecified atom stereocenters. The van der Waals surface area contributed by atoms with Crippen LogP contribution in [0.25, 0.3) is 11.1 Å². The largest absolute Gasteiger partial charge is 0.493 e. The number of hydrogen-bond donors (Lipinski definition) is 2. The number of anilines is 3. The maximum Gasteiger partial charge on any atom is 0.439 e. The molecular weight excluding hydrogens is 394 g/mol. The summed E-state index contributed by atoms with van der Waals surface area (Å²) in [5.74, 6) is 1.97. The van der Waals surface area contributed by atoms with Crippen LogP contribution in [0.4, 0.5) is 17.5 Å². The number of hydrogen-bond acceptors (Lipinski definition) is 7. The maximum atomic E-state index is 12.2. The number of aryl methyl sites for hydroxylation is 1. The molecular formula is C23H23N5O3. The molecule has 4 aromatic rings. The SMILES string of the molecule is Cc1cnc(Nc2ccc(OCC3CCC3)cc2)nc1Nn1c(=O)oc2ccccc21. The van der Waals surface area contributed by atoms with Gasteiger partial charge in [-0.25, -0.2) is 9.78 Å². The number of para-hydroxylation sites is 2. The van der Waals surface area contributed by atoms with Crippen LogP contribution >= 0.6 is 0 Å². The second kappa shape index (κ2) is 8.14. The normalized spacial score (nSPS) is 13.7. The standard InChI is InChI=1S/C23H23N5O3/c1-15-13-24-22(25-17-9-11-18(12-10-17)30-14-16-5-4-6-16)26-21(15)27-28-19-7-2-3-8-20(19)31-23(28)29/h2-3,7-13,16H,4-6,14H2,1H3,(H2,24,25,26,27). The fraction of sp³-hybridized carbons (Fsp3) is 0.261. The molecule has 2 aromatic heterocycles. The van der Waals surface area contributed by atoms with E-state index >= 15 is 0 Å². The van der Waals surface area contributed by atoms with Crippen molar-refractivity contribution < 1.29 is 9.15 Å². The Labute approximate surface area is 178 Å². The summed E-state index contributed by atoms with van der Waals surface area (Å²) >= 11 is 0. The van der Waals surface area contributed by atoms with E-state index in [4.69, 9.17) is 9.15 Å². The van der Waals surface area contributed by atoms with Gasteiger partial charge in [0.15, 0.2) is 11.4 Å². The van der Waals surface area contributed by atoms with Crippen molar-refractivity contribution in [1.29, 1.82) is 0 Å². The Morgan fingerprint density at radius 3 is 2.74 bits per heavy atom. The van der Waals surface area contributed by atoms with E-state index in [0.717, 1.165) is 23.6 Å². The zero-order valence-electron chi connectivity index (χ0n) is 17.2.